The number of aryl methyl sites for hydroxylation is 2. The molecular formula is C20H17N5. The Labute approximate surface area is 146 Å². The van der Waals surface area contributed by atoms with E-state index in [1.807, 2.05) is 85.3 Å². The van der Waals surface area contributed by atoms with Crippen molar-refractivity contribution in [1.82, 2.24) is 24.7 Å². The van der Waals surface area contributed by atoms with Crippen molar-refractivity contribution in [2.45, 2.75) is 13.8 Å². The zero-order valence-electron chi connectivity index (χ0n) is 14.1. The first-order valence-electron chi connectivity index (χ1n) is 8.11. The monoisotopic (exact) mass is 327 g/mol. The first-order valence-corrected chi connectivity index (χ1v) is 8.11. The Balaban J connectivity index is 1.92. The average Bonchev–Trinajstić information content (AvgIpc) is 3.08. The standard InChI is InChI=1S/C20H17N5/c1-14-8-6-12-17(21-14)19-23-20(18-13-7-9-15(2)22-18)25(24-19)16-10-4-3-5-11-16/h3-13H,1-2H3. The van der Waals surface area contributed by atoms with Crippen LogP contribution in [0.2, 0.25) is 0 Å². The first-order chi connectivity index (χ1) is 12.2. The highest BCUT2D eigenvalue weighted by atomic mass is 15.4. The van der Waals surface area contributed by atoms with Gasteiger partial charge in [-0.25, -0.2) is 19.6 Å². The number of para-hydroxylation sites is 1. The molecule has 3 heterocycles. The Morgan fingerprint density at radius 2 is 1.28 bits per heavy atom. The molecule has 4 rings (SSSR count). The Hall–Kier alpha value is -3.34. The fraction of sp³-hybridized carbons (Fsp3) is 0.100. The highest BCUT2D eigenvalue weighted by molar-refractivity contribution is 5.59. The number of benzene rings is 1. The molecular weight excluding hydrogens is 310 g/mol. The van der Waals surface area contributed by atoms with Crippen LogP contribution >= 0.6 is 0 Å². The molecule has 0 atom stereocenters. The van der Waals surface area contributed by atoms with Gasteiger partial charge in [-0.1, -0.05) is 30.3 Å². The van der Waals surface area contributed by atoms with Crippen LogP contribution in [0.3, 0.4) is 0 Å². The molecule has 25 heavy (non-hydrogen) atoms. The third-order valence-corrected chi connectivity index (χ3v) is 3.84. The topological polar surface area (TPSA) is 56.5 Å². The third kappa shape index (κ3) is 3.04. The first kappa shape index (κ1) is 15.2. The van der Waals surface area contributed by atoms with Gasteiger partial charge in [-0.2, -0.15) is 0 Å². The van der Waals surface area contributed by atoms with Gasteiger partial charge in [0, 0.05) is 11.4 Å². The van der Waals surface area contributed by atoms with Gasteiger partial charge in [0.05, 0.1) is 5.69 Å². The number of hydrogen-bond donors (Lipinski definition) is 0. The van der Waals surface area contributed by atoms with Gasteiger partial charge in [-0.05, 0) is 50.2 Å². The van der Waals surface area contributed by atoms with E-state index >= 15 is 0 Å². The molecule has 0 N–H and O–H groups in total. The second-order valence-corrected chi connectivity index (χ2v) is 5.83. The van der Waals surface area contributed by atoms with Crippen molar-refractivity contribution in [3.05, 3.63) is 78.1 Å². The summed E-state index contributed by atoms with van der Waals surface area (Å²) in [7, 11) is 0. The molecule has 0 amide bonds. The summed E-state index contributed by atoms with van der Waals surface area (Å²) in [5.74, 6) is 1.29. The second kappa shape index (κ2) is 6.28. The van der Waals surface area contributed by atoms with E-state index < -0.39 is 0 Å². The van der Waals surface area contributed by atoms with Gasteiger partial charge >= 0.3 is 0 Å². The lowest BCUT2D eigenvalue weighted by Gasteiger charge is -2.05. The molecule has 0 aliphatic carbocycles. The number of aromatic nitrogens is 5. The summed E-state index contributed by atoms with van der Waals surface area (Å²) < 4.78 is 1.82. The summed E-state index contributed by atoms with van der Waals surface area (Å²) >= 11 is 0. The smallest absolute Gasteiger partial charge is 0.200 e. The van der Waals surface area contributed by atoms with Crippen molar-refractivity contribution in [3.8, 4) is 28.7 Å². The maximum absolute atomic E-state index is 4.74. The lowest BCUT2D eigenvalue weighted by Crippen LogP contribution is -2.01. The normalized spacial score (nSPS) is 10.8. The van der Waals surface area contributed by atoms with Crippen molar-refractivity contribution in [1.29, 1.82) is 0 Å². The fourth-order valence-electron chi connectivity index (χ4n) is 2.67. The summed E-state index contributed by atoms with van der Waals surface area (Å²) in [6.07, 6.45) is 0. The molecule has 122 valence electrons. The minimum atomic E-state index is 0.589. The van der Waals surface area contributed by atoms with Crippen LogP contribution in [0.25, 0.3) is 28.7 Å². The maximum atomic E-state index is 4.74. The Bertz CT molecular complexity index is 1020. The molecule has 0 saturated carbocycles. The molecule has 0 fully saturated rings. The summed E-state index contributed by atoms with van der Waals surface area (Å²) in [5, 5.41) is 4.70. The van der Waals surface area contributed by atoms with E-state index in [4.69, 9.17) is 10.1 Å². The SMILES string of the molecule is Cc1cccc(-c2nc(-c3cccc(C)n3)n(-c3ccccc3)n2)n1. The number of nitrogens with zero attached hydrogens (tertiary/aromatic N) is 5. The lowest BCUT2D eigenvalue weighted by atomic mass is 10.3. The quantitative estimate of drug-likeness (QED) is 0.570. The van der Waals surface area contributed by atoms with Gasteiger partial charge in [0.15, 0.2) is 5.82 Å². The third-order valence-electron chi connectivity index (χ3n) is 3.84. The second-order valence-electron chi connectivity index (χ2n) is 5.83. The van der Waals surface area contributed by atoms with Gasteiger partial charge in [-0.15, -0.1) is 5.10 Å². The zero-order valence-corrected chi connectivity index (χ0v) is 14.1. The summed E-state index contributed by atoms with van der Waals surface area (Å²) in [5.41, 5.74) is 4.35. The van der Waals surface area contributed by atoms with Crippen LogP contribution in [0.4, 0.5) is 0 Å². The van der Waals surface area contributed by atoms with E-state index in [0.717, 1.165) is 28.5 Å². The summed E-state index contributed by atoms with van der Waals surface area (Å²) in [4.78, 5) is 13.9. The van der Waals surface area contributed by atoms with Crippen molar-refractivity contribution < 1.29 is 0 Å². The Kier molecular flexibility index (Phi) is 3.82. The van der Waals surface area contributed by atoms with Gasteiger partial charge in [0.1, 0.15) is 11.4 Å². The minimum absolute atomic E-state index is 0.589. The molecule has 0 saturated heterocycles. The predicted molar refractivity (Wildman–Crippen MR) is 97.3 cm³/mol. The zero-order chi connectivity index (χ0) is 17.2. The minimum Gasteiger partial charge on any atom is -0.250 e. The molecule has 0 unspecified atom stereocenters. The molecule has 0 spiro atoms. The van der Waals surface area contributed by atoms with Crippen LogP contribution in [-0.2, 0) is 0 Å². The van der Waals surface area contributed by atoms with Crippen LogP contribution in [0.1, 0.15) is 11.4 Å². The van der Waals surface area contributed by atoms with Crippen LogP contribution in [0, 0.1) is 13.8 Å². The number of rotatable bonds is 3. The van der Waals surface area contributed by atoms with Gasteiger partial charge in [0.2, 0.25) is 5.82 Å². The maximum Gasteiger partial charge on any atom is 0.200 e. The lowest BCUT2D eigenvalue weighted by molar-refractivity contribution is 0.883. The molecule has 0 aliphatic rings. The van der Waals surface area contributed by atoms with E-state index in [2.05, 4.69) is 9.97 Å². The molecule has 0 radical (unpaired) electrons. The molecule has 1 aromatic carbocycles. The molecule has 0 aliphatic heterocycles. The van der Waals surface area contributed by atoms with Crippen molar-refractivity contribution in [3.63, 3.8) is 0 Å². The van der Waals surface area contributed by atoms with Gasteiger partial charge in [0.25, 0.3) is 0 Å². The molecule has 0 bridgehead atoms. The highest BCUT2D eigenvalue weighted by Gasteiger charge is 2.16. The Morgan fingerprint density at radius 3 is 1.96 bits per heavy atom. The summed E-state index contributed by atoms with van der Waals surface area (Å²) in [6.45, 7) is 3.93. The van der Waals surface area contributed by atoms with Gasteiger partial charge < -0.3 is 0 Å². The van der Waals surface area contributed by atoms with Crippen molar-refractivity contribution in [2.75, 3.05) is 0 Å². The Morgan fingerprint density at radius 1 is 0.640 bits per heavy atom. The highest BCUT2D eigenvalue weighted by Crippen LogP contribution is 2.23. The van der Waals surface area contributed by atoms with Crippen LogP contribution < -0.4 is 0 Å². The van der Waals surface area contributed by atoms with E-state index in [9.17, 15) is 0 Å². The van der Waals surface area contributed by atoms with Crippen molar-refractivity contribution >= 4 is 0 Å². The van der Waals surface area contributed by atoms with E-state index in [1.165, 1.54) is 0 Å². The molecule has 4 aromatic rings. The van der Waals surface area contributed by atoms with Crippen LogP contribution in [-0.4, -0.2) is 24.7 Å². The molecule has 5 heteroatoms. The summed E-state index contributed by atoms with van der Waals surface area (Å²) in [6, 6.07) is 21.7. The van der Waals surface area contributed by atoms with Crippen molar-refractivity contribution in [2.24, 2.45) is 0 Å². The van der Waals surface area contributed by atoms with E-state index in [1.54, 1.807) is 0 Å². The van der Waals surface area contributed by atoms with E-state index in [0.29, 0.717) is 11.6 Å². The average molecular weight is 327 g/mol. The number of hydrogen-bond acceptors (Lipinski definition) is 4. The number of pyridine rings is 2. The largest absolute Gasteiger partial charge is 0.250 e. The van der Waals surface area contributed by atoms with Gasteiger partial charge in [-0.3, -0.25) is 0 Å². The van der Waals surface area contributed by atoms with E-state index in [-0.39, 0.29) is 0 Å². The predicted octanol–water partition coefficient (Wildman–Crippen LogP) is 4.01. The van der Waals surface area contributed by atoms with Crippen LogP contribution in [0.15, 0.2) is 66.7 Å². The van der Waals surface area contributed by atoms with Crippen LogP contribution in [0.5, 0.6) is 0 Å². The molecule has 5 nitrogen and oxygen atoms in total. The fourth-order valence-corrected chi connectivity index (χ4v) is 2.67. The molecule has 3 aromatic heterocycles.